The Kier molecular flexibility index (Phi) is 4.34. The molecule has 0 amide bonds. The van der Waals surface area contributed by atoms with Crippen molar-refractivity contribution in [2.45, 2.75) is 19.9 Å². The predicted molar refractivity (Wildman–Crippen MR) is 42.4 cm³/mol. The van der Waals surface area contributed by atoms with E-state index in [9.17, 15) is 4.79 Å². The molecule has 0 aliphatic heterocycles. The van der Waals surface area contributed by atoms with Gasteiger partial charge < -0.3 is 10.8 Å². The third kappa shape index (κ3) is 3.07. The monoisotopic (exact) mass is 155 g/mol. The van der Waals surface area contributed by atoms with E-state index >= 15 is 0 Å². The molecule has 0 radical (unpaired) electrons. The Morgan fingerprint density at radius 3 is 2.45 bits per heavy atom. The van der Waals surface area contributed by atoms with Crippen LogP contribution < -0.4 is 5.32 Å². The van der Waals surface area contributed by atoms with Crippen LogP contribution in [0.3, 0.4) is 0 Å². The van der Waals surface area contributed by atoms with Gasteiger partial charge in [0.25, 0.3) is 5.78 Å². The van der Waals surface area contributed by atoms with Crippen LogP contribution in [0.15, 0.2) is 0 Å². The fraction of sp³-hybridized carbons (Fsp3) is 0.714. The first kappa shape index (κ1) is 10.0. The minimum Gasteiger partial charge on any atom is -0.361 e. The molecule has 0 rings (SSSR count). The van der Waals surface area contributed by atoms with Crippen LogP contribution in [0.25, 0.3) is 5.53 Å². The van der Waals surface area contributed by atoms with Gasteiger partial charge >= 0.3 is 6.21 Å². The van der Waals surface area contributed by atoms with E-state index in [1.54, 1.807) is 7.05 Å². The van der Waals surface area contributed by atoms with Gasteiger partial charge in [-0.3, -0.25) is 4.79 Å². The Morgan fingerprint density at radius 2 is 2.18 bits per heavy atom. The number of carbonyl (C=O) groups excluding carboxylic acids is 1. The summed E-state index contributed by atoms with van der Waals surface area (Å²) in [4.78, 5) is 13.7. The van der Waals surface area contributed by atoms with Crippen LogP contribution in [-0.2, 0) is 4.79 Å². The van der Waals surface area contributed by atoms with Crippen LogP contribution in [0, 0.1) is 5.92 Å². The maximum absolute atomic E-state index is 11.0. The molecule has 11 heavy (non-hydrogen) atoms. The van der Waals surface area contributed by atoms with Crippen molar-refractivity contribution in [2.75, 3.05) is 7.05 Å². The number of carbonyl (C=O) groups is 1. The lowest BCUT2D eigenvalue weighted by Gasteiger charge is -2.13. The molecule has 0 bridgehead atoms. The number of nitrogens with zero attached hydrogens (tertiary/aromatic N) is 2. The number of ketones is 1. The second-order valence-electron chi connectivity index (χ2n) is 2.66. The van der Waals surface area contributed by atoms with Crippen LogP contribution in [0.5, 0.6) is 0 Å². The van der Waals surface area contributed by atoms with Crippen molar-refractivity contribution in [1.82, 2.24) is 5.32 Å². The number of Topliss-reactive ketones (excluding diaryl/α,β-unsaturated/α-hetero) is 1. The van der Waals surface area contributed by atoms with Gasteiger partial charge in [-0.15, -0.1) is 0 Å². The molecule has 0 fully saturated rings. The minimum atomic E-state index is -0.258. The number of likely N-dealkylation sites (N-methyl/N-ethyl adjacent to an activating group) is 1. The molecule has 0 unspecified atom stereocenters. The summed E-state index contributed by atoms with van der Waals surface area (Å²) in [6, 6.07) is -0.258. The van der Waals surface area contributed by atoms with Gasteiger partial charge in [0.15, 0.2) is 0 Å². The molecule has 0 saturated heterocycles. The topological polar surface area (TPSA) is 65.5 Å². The average Bonchev–Trinajstić information content (AvgIpc) is 1.88. The van der Waals surface area contributed by atoms with Gasteiger partial charge in [-0.1, -0.05) is 13.8 Å². The minimum absolute atomic E-state index is 0.200. The van der Waals surface area contributed by atoms with Crippen LogP contribution in [-0.4, -0.2) is 29.9 Å². The van der Waals surface area contributed by atoms with Crippen molar-refractivity contribution in [2.24, 2.45) is 5.92 Å². The Hall–Kier alpha value is -0.990. The van der Waals surface area contributed by atoms with E-state index in [4.69, 9.17) is 5.53 Å². The highest BCUT2D eigenvalue weighted by Gasteiger charge is 2.20. The molecule has 1 atom stereocenters. The van der Waals surface area contributed by atoms with Crippen molar-refractivity contribution >= 4 is 12.0 Å². The summed E-state index contributed by atoms with van der Waals surface area (Å²) in [6.07, 6.45) is 0.918. The molecule has 0 heterocycles. The number of hydrogen-bond donors (Lipinski definition) is 1. The van der Waals surface area contributed by atoms with E-state index in [1.165, 1.54) is 0 Å². The Morgan fingerprint density at radius 1 is 1.64 bits per heavy atom. The summed E-state index contributed by atoms with van der Waals surface area (Å²) >= 11 is 0. The lowest BCUT2D eigenvalue weighted by atomic mass is 10.0. The number of hydrogen-bond acceptors (Lipinski definition) is 2. The van der Waals surface area contributed by atoms with Crippen molar-refractivity contribution in [1.29, 1.82) is 0 Å². The van der Waals surface area contributed by atoms with E-state index in [1.807, 2.05) is 13.8 Å². The zero-order chi connectivity index (χ0) is 8.85. The van der Waals surface area contributed by atoms with Crippen LogP contribution in [0.1, 0.15) is 13.8 Å². The molecule has 0 aliphatic carbocycles. The molecule has 0 aliphatic rings. The second kappa shape index (κ2) is 4.77. The molecular weight excluding hydrogens is 142 g/mol. The first-order valence-electron chi connectivity index (χ1n) is 3.52. The lowest BCUT2D eigenvalue weighted by Crippen LogP contribution is -2.39. The van der Waals surface area contributed by atoms with Crippen LogP contribution in [0.4, 0.5) is 0 Å². The van der Waals surface area contributed by atoms with Crippen LogP contribution in [0.2, 0.25) is 0 Å². The van der Waals surface area contributed by atoms with Gasteiger partial charge in [-0.2, -0.15) is 4.79 Å². The van der Waals surface area contributed by atoms with E-state index in [2.05, 4.69) is 10.1 Å². The van der Waals surface area contributed by atoms with Gasteiger partial charge in [0, 0.05) is 0 Å². The van der Waals surface area contributed by atoms with E-state index in [0.717, 1.165) is 6.21 Å². The third-order valence-corrected chi connectivity index (χ3v) is 1.47. The molecule has 0 spiro atoms. The summed E-state index contributed by atoms with van der Waals surface area (Å²) in [5.41, 5.74) is 8.08. The predicted octanol–water partition coefficient (Wildman–Crippen LogP) is 0.100. The number of rotatable bonds is 4. The molecule has 4 nitrogen and oxygen atoms in total. The zero-order valence-corrected chi connectivity index (χ0v) is 7.03. The van der Waals surface area contributed by atoms with Gasteiger partial charge in [0.2, 0.25) is 0 Å². The number of nitrogens with one attached hydrogen (secondary N) is 1. The zero-order valence-electron chi connectivity index (χ0n) is 7.03. The third-order valence-electron chi connectivity index (χ3n) is 1.47. The molecule has 1 N–H and O–H groups in total. The quantitative estimate of drug-likeness (QED) is 0.355. The average molecular weight is 155 g/mol. The van der Waals surface area contributed by atoms with E-state index in [0.29, 0.717) is 0 Å². The van der Waals surface area contributed by atoms with Crippen molar-refractivity contribution in [3.8, 4) is 0 Å². The summed E-state index contributed by atoms with van der Waals surface area (Å²) in [6.45, 7) is 3.84. The normalized spacial score (nSPS) is 12.4. The lowest BCUT2D eigenvalue weighted by molar-refractivity contribution is -0.118. The highest BCUT2D eigenvalue weighted by Crippen LogP contribution is 2.00. The molecule has 62 valence electrons. The molecule has 0 saturated carbocycles. The standard InChI is InChI=1S/C7H13N3O/c1-5(2)7(9-3)6(11)4-10-8/h4-5,7,9H,1-3H3/t7-/m0/s1. The summed E-state index contributed by atoms with van der Waals surface area (Å²) in [5, 5.41) is 2.83. The Balaban J connectivity index is 4.25. The Labute approximate surface area is 66.2 Å². The molecule has 0 aromatic rings. The summed E-state index contributed by atoms with van der Waals surface area (Å²) < 4.78 is 0. The maximum Gasteiger partial charge on any atom is 0.324 e. The SMILES string of the molecule is CN[C@H](C(=O)C=[N+]=[N-])C(C)C. The summed E-state index contributed by atoms with van der Waals surface area (Å²) in [5.74, 6) is -0.00417. The van der Waals surface area contributed by atoms with E-state index < -0.39 is 0 Å². The molecular formula is C7H13N3O. The van der Waals surface area contributed by atoms with E-state index in [-0.39, 0.29) is 17.7 Å². The van der Waals surface area contributed by atoms with Crippen molar-refractivity contribution < 1.29 is 9.58 Å². The highest BCUT2D eigenvalue weighted by atomic mass is 16.1. The van der Waals surface area contributed by atoms with Gasteiger partial charge in [-0.25, -0.2) is 0 Å². The maximum atomic E-state index is 11.0. The Bertz CT molecular complexity index is 182. The van der Waals surface area contributed by atoms with Gasteiger partial charge in [-0.05, 0) is 13.0 Å². The van der Waals surface area contributed by atoms with Gasteiger partial charge in [0.1, 0.15) is 0 Å². The molecule has 4 heteroatoms. The van der Waals surface area contributed by atoms with Crippen molar-refractivity contribution in [3.63, 3.8) is 0 Å². The van der Waals surface area contributed by atoms with Gasteiger partial charge in [0.05, 0.1) is 6.04 Å². The largest absolute Gasteiger partial charge is 0.361 e. The van der Waals surface area contributed by atoms with Crippen LogP contribution >= 0.6 is 0 Å². The smallest absolute Gasteiger partial charge is 0.324 e. The summed E-state index contributed by atoms with van der Waals surface area (Å²) in [7, 11) is 1.70. The first-order chi connectivity index (χ1) is 5.13. The molecule has 0 aromatic carbocycles. The highest BCUT2D eigenvalue weighted by molar-refractivity contribution is 6.27. The first-order valence-corrected chi connectivity index (χ1v) is 3.52. The van der Waals surface area contributed by atoms with Crippen molar-refractivity contribution in [3.05, 3.63) is 5.53 Å². The fourth-order valence-electron chi connectivity index (χ4n) is 0.941. The molecule has 0 aromatic heterocycles. The second-order valence-corrected chi connectivity index (χ2v) is 2.66. The fourth-order valence-corrected chi connectivity index (χ4v) is 0.941.